The molecule has 7 heteroatoms. The summed E-state index contributed by atoms with van der Waals surface area (Å²) in [5.74, 6) is 0.771. The summed E-state index contributed by atoms with van der Waals surface area (Å²) < 4.78 is 0. The molecule has 0 aliphatic carbocycles. The number of aromatic nitrogens is 1. The normalized spacial score (nSPS) is 21.0. The molecule has 98 valence electrons. The van der Waals surface area contributed by atoms with Gasteiger partial charge in [-0.2, -0.15) is 0 Å². The van der Waals surface area contributed by atoms with Gasteiger partial charge in [-0.25, -0.2) is 4.98 Å². The molecule has 1 saturated heterocycles. The van der Waals surface area contributed by atoms with E-state index in [1.807, 2.05) is 0 Å². The van der Waals surface area contributed by atoms with Crippen molar-refractivity contribution in [1.82, 2.24) is 9.88 Å². The Morgan fingerprint density at radius 1 is 1.50 bits per heavy atom. The molecule has 1 aromatic heterocycles. The third kappa shape index (κ3) is 2.51. The molecule has 2 N–H and O–H groups in total. The van der Waals surface area contributed by atoms with Crippen LogP contribution in [0.2, 0.25) is 0 Å². The number of anilines is 2. The van der Waals surface area contributed by atoms with Crippen molar-refractivity contribution in [3.8, 4) is 0 Å². The van der Waals surface area contributed by atoms with E-state index in [1.165, 1.54) is 12.1 Å². The lowest BCUT2D eigenvalue weighted by molar-refractivity contribution is -0.384. The van der Waals surface area contributed by atoms with Crippen molar-refractivity contribution < 1.29 is 4.92 Å². The first-order valence-corrected chi connectivity index (χ1v) is 5.84. The predicted octanol–water partition coefficient (Wildman–Crippen LogP) is 0.712. The molecule has 2 heterocycles. The van der Waals surface area contributed by atoms with Gasteiger partial charge in [-0.1, -0.05) is 0 Å². The molecular weight excluding hydrogens is 234 g/mol. The zero-order chi connectivity index (χ0) is 13.3. The summed E-state index contributed by atoms with van der Waals surface area (Å²) >= 11 is 0. The van der Waals surface area contributed by atoms with E-state index in [0.29, 0.717) is 5.82 Å². The fourth-order valence-electron chi connectivity index (χ4n) is 2.25. The molecule has 7 nitrogen and oxygen atoms in total. The van der Waals surface area contributed by atoms with Gasteiger partial charge in [0.15, 0.2) is 0 Å². The molecule has 1 fully saturated rings. The molecule has 0 spiro atoms. The van der Waals surface area contributed by atoms with Crippen LogP contribution in [0.1, 0.15) is 6.92 Å². The second-order valence-corrected chi connectivity index (χ2v) is 4.67. The van der Waals surface area contributed by atoms with Crippen LogP contribution in [0.15, 0.2) is 12.1 Å². The maximum atomic E-state index is 10.8. The Hall–Kier alpha value is -1.89. The van der Waals surface area contributed by atoms with Crippen molar-refractivity contribution in [1.29, 1.82) is 0 Å². The third-order valence-electron chi connectivity index (χ3n) is 3.15. The van der Waals surface area contributed by atoms with E-state index in [-0.39, 0.29) is 17.5 Å². The lowest BCUT2D eigenvalue weighted by Crippen LogP contribution is -2.50. The Morgan fingerprint density at radius 3 is 2.83 bits per heavy atom. The predicted molar refractivity (Wildman–Crippen MR) is 69.6 cm³/mol. The molecule has 0 amide bonds. The molecule has 18 heavy (non-hydrogen) atoms. The molecule has 0 aromatic carbocycles. The van der Waals surface area contributed by atoms with Crippen LogP contribution in [0.3, 0.4) is 0 Å². The minimum atomic E-state index is -0.442. The Bertz CT molecular complexity index is 465. The maximum absolute atomic E-state index is 10.8. The van der Waals surface area contributed by atoms with E-state index in [0.717, 1.165) is 19.6 Å². The van der Waals surface area contributed by atoms with Crippen LogP contribution < -0.4 is 10.6 Å². The van der Waals surface area contributed by atoms with Gasteiger partial charge in [-0.15, -0.1) is 0 Å². The van der Waals surface area contributed by atoms with Crippen LogP contribution in [-0.2, 0) is 0 Å². The lowest BCUT2D eigenvalue weighted by atomic mass is 10.2. The van der Waals surface area contributed by atoms with Gasteiger partial charge in [0.05, 0.1) is 17.1 Å². The quantitative estimate of drug-likeness (QED) is 0.615. The topological polar surface area (TPSA) is 88.5 Å². The molecule has 1 aliphatic heterocycles. The van der Waals surface area contributed by atoms with Crippen LogP contribution in [0.4, 0.5) is 17.3 Å². The molecule has 1 aromatic rings. The maximum Gasteiger partial charge on any atom is 0.276 e. The highest BCUT2D eigenvalue weighted by atomic mass is 16.6. The largest absolute Gasteiger partial charge is 0.383 e. The number of hydrogen-bond acceptors (Lipinski definition) is 6. The van der Waals surface area contributed by atoms with Gasteiger partial charge in [0, 0.05) is 25.7 Å². The Balaban J connectivity index is 2.30. The molecule has 1 aliphatic rings. The number of nitrogens with zero attached hydrogens (tertiary/aromatic N) is 4. The van der Waals surface area contributed by atoms with E-state index >= 15 is 0 Å². The highest BCUT2D eigenvalue weighted by Crippen LogP contribution is 2.24. The summed E-state index contributed by atoms with van der Waals surface area (Å²) in [4.78, 5) is 18.9. The minimum Gasteiger partial charge on any atom is -0.383 e. The van der Waals surface area contributed by atoms with E-state index in [9.17, 15) is 10.1 Å². The minimum absolute atomic E-state index is 0.0105. The summed E-state index contributed by atoms with van der Waals surface area (Å²) in [5.41, 5.74) is 5.61. The number of hydrogen-bond donors (Lipinski definition) is 1. The number of nitrogens with two attached hydrogens (primary N) is 1. The summed E-state index contributed by atoms with van der Waals surface area (Å²) in [6.45, 7) is 4.69. The van der Waals surface area contributed by atoms with E-state index in [4.69, 9.17) is 5.73 Å². The van der Waals surface area contributed by atoms with Crippen LogP contribution >= 0.6 is 0 Å². The molecule has 2 rings (SSSR count). The van der Waals surface area contributed by atoms with Crippen LogP contribution in [0.5, 0.6) is 0 Å². The van der Waals surface area contributed by atoms with E-state index in [2.05, 4.69) is 28.8 Å². The molecule has 1 unspecified atom stereocenters. The van der Waals surface area contributed by atoms with E-state index < -0.39 is 4.92 Å². The van der Waals surface area contributed by atoms with Crippen LogP contribution in [-0.4, -0.2) is 47.5 Å². The first-order chi connectivity index (χ1) is 8.47. The van der Waals surface area contributed by atoms with Crippen molar-refractivity contribution in [3.63, 3.8) is 0 Å². The van der Waals surface area contributed by atoms with Gasteiger partial charge < -0.3 is 15.5 Å². The van der Waals surface area contributed by atoms with Crippen LogP contribution in [0.25, 0.3) is 0 Å². The summed E-state index contributed by atoms with van der Waals surface area (Å²) in [6, 6.07) is 3.03. The van der Waals surface area contributed by atoms with Gasteiger partial charge in [-0.05, 0) is 14.0 Å². The third-order valence-corrected chi connectivity index (χ3v) is 3.15. The summed E-state index contributed by atoms with van der Waals surface area (Å²) in [6.07, 6.45) is 0. The number of likely N-dealkylation sites (N-methyl/N-ethyl adjacent to an activating group) is 1. The monoisotopic (exact) mass is 251 g/mol. The highest BCUT2D eigenvalue weighted by molar-refractivity contribution is 5.54. The standard InChI is InChI=1S/C11H17N5O2/c1-8-7-14(2)3-4-15(8)11-6-9(16(17)18)5-10(12)13-11/h5-6,8H,3-4,7H2,1-2H3,(H2,12,13). The second kappa shape index (κ2) is 4.77. The smallest absolute Gasteiger partial charge is 0.276 e. The van der Waals surface area contributed by atoms with Gasteiger partial charge >= 0.3 is 0 Å². The fourth-order valence-corrected chi connectivity index (χ4v) is 2.25. The Morgan fingerprint density at radius 2 is 2.22 bits per heavy atom. The Kier molecular flexibility index (Phi) is 3.33. The second-order valence-electron chi connectivity index (χ2n) is 4.67. The molecular formula is C11H17N5O2. The van der Waals surface area contributed by atoms with Crippen molar-refractivity contribution in [2.45, 2.75) is 13.0 Å². The summed E-state index contributed by atoms with van der Waals surface area (Å²) in [5, 5.41) is 10.8. The lowest BCUT2D eigenvalue weighted by Gasteiger charge is -2.38. The number of piperazine rings is 1. The van der Waals surface area contributed by atoms with Crippen LogP contribution in [0, 0.1) is 10.1 Å². The van der Waals surface area contributed by atoms with Gasteiger partial charge in [-0.3, -0.25) is 10.1 Å². The first kappa shape index (κ1) is 12.6. The van der Waals surface area contributed by atoms with Crippen molar-refractivity contribution in [2.75, 3.05) is 37.3 Å². The van der Waals surface area contributed by atoms with E-state index in [1.54, 1.807) is 0 Å². The Labute approximate surface area is 105 Å². The number of rotatable bonds is 2. The molecule has 0 saturated carbocycles. The zero-order valence-electron chi connectivity index (χ0n) is 10.5. The zero-order valence-corrected chi connectivity index (χ0v) is 10.5. The highest BCUT2D eigenvalue weighted by Gasteiger charge is 2.24. The van der Waals surface area contributed by atoms with Gasteiger partial charge in [0.1, 0.15) is 11.6 Å². The fraction of sp³-hybridized carbons (Fsp3) is 0.545. The molecule has 0 bridgehead atoms. The van der Waals surface area contributed by atoms with Crippen molar-refractivity contribution >= 4 is 17.3 Å². The number of nitrogen functional groups attached to an aromatic ring is 1. The first-order valence-electron chi connectivity index (χ1n) is 5.84. The van der Waals surface area contributed by atoms with Gasteiger partial charge in [0.2, 0.25) is 0 Å². The van der Waals surface area contributed by atoms with Crippen molar-refractivity contribution in [2.24, 2.45) is 0 Å². The average molecular weight is 251 g/mol. The SMILES string of the molecule is CC1CN(C)CCN1c1cc([N+](=O)[O-])cc(N)n1. The number of pyridine rings is 1. The molecule has 0 radical (unpaired) electrons. The summed E-state index contributed by atoms with van der Waals surface area (Å²) in [7, 11) is 2.06. The average Bonchev–Trinajstić information content (AvgIpc) is 2.27. The molecule has 1 atom stereocenters. The number of nitro groups is 1. The van der Waals surface area contributed by atoms with Crippen molar-refractivity contribution in [3.05, 3.63) is 22.2 Å². The van der Waals surface area contributed by atoms with Gasteiger partial charge in [0.25, 0.3) is 5.69 Å².